The Hall–Kier alpha value is -2.22. The summed E-state index contributed by atoms with van der Waals surface area (Å²) in [7, 11) is 0.759. The number of rotatable bonds is 5. The molecule has 2 aromatic rings. The van der Waals surface area contributed by atoms with E-state index >= 15 is 0 Å². The number of likely N-dealkylation sites (N-methyl/N-ethyl adjacent to an activating group) is 1. The molecule has 1 fully saturated rings. The number of benzene rings is 2. The third-order valence-electron chi connectivity index (χ3n) is 5.71. The van der Waals surface area contributed by atoms with Gasteiger partial charge in [0.15, 0.2) is 5.78 Å². The summed E-state index contributed by atoms with van der Waals surface area (Å²) >= 11 is 6.45. The van der Waals surface area contributed by atoms with Gasteiger partial charge in [-0.25, -0.2) is 12.7 Å². The number of halogens is 1. The fraction of sp³-hybridized carbons (Fsp3) is 0.364. The molecule has 1 unspecified atom stereocenters. The second-order valence-corrected chi connectivity index (χ2v) is 10.2. The maximum absolute atomic E-state index is 13.5. The zero-order chi connectivity index (χ0) is 22.1. The minimum Gasteiger partial charge on any atom is -0.325 e. The average Bonchev–Trinajstić information content (AvgIpc) is 2.73. The van der Waals surface area contributed by atoms with Gasteiger partial charge in [0, 0.05) is 43.7 Å². The molecule has 1 saturated carbocycles. The summed E-state index contributed by atoms with van der Waals surface area (Å²) < 4.78 is 26.1. The number of amides is 1. The van der Waals surface area contributed by atoms with Crippen molar-refractivity contribution in [1.82, 2.24) is 9.21 Å². The Balaban J connectivity index is 2.09. The molecule has 0 aromatic heterocycles. The van der Waals surface area contributed by atoms with Crippen molar-refractivity contribution < 1.29 is 18.0 Å². The van der Waals surface area contributed by atoms with Gasteiger partial charge in [-0.2, -0.15) is 0 Å². The van der Waals surface area contributed by atoms with Gasteiger partial charge in [0.05, 0.1) is 4.90 Å². The van der Waals surface area contributed by atoms with Crippen molar-refractivity contribution >= 4 is 33.3 Å². The Bertz CT molecular complexity index is 1080. The van der Waals surface area contributed by atoms with E-state index in [0.29, 0.717) is 23.4 Å². The molecule has 6 nitrogen and oxygen atoms in total. The predicted octanol–water partition coefficient (Wildman–Crippen LogP) is 3.70. The van der Waals surface area contributed by atoms with Crippen molar-refractivity contribution in [3.63, 3.8) is 0 Å². The number of hydrogen-bond acceptors (Lipinski definition) is 4. The summed E-state index contributed by atoms with van der Waals surface area (Å²) in [4.78, 5) is 28.1. The van der Waals surface area contributed by atoms with Crippen LogP contribution in [0.4, 0.5) is 0 Å². The van der Waals surface area contributed by atoms with Gasteiger partial charge in [0.1, 0.15) is 5.54 Å². The molecular formula is C22H25ClN2O4S. The van der Waals surface area contributed by atoms with E-state index in [1.165, 1.54) is 37.2 Å². The van der Waals surface area contributed by atoms with E-state index in [-0.39, 0.29) is 16.2 Å². The molecule has 1 atom stereocenters. The third-order valence-corrected chi connectivity index (χ3v) is 7.85. The normalized spacial score (nSPS) is 19.7. The fourth-order valence-electron chi connectivity index (χ4n) is 4.00. The maximum atomic E-state index is 13.5. The number of sulfonamides is 1. The largest absolute Gasteiger partial charge is 0.325 e. The summed E-state index contributed by atoms with van der Waals surface area (Å²) in [5.41, 5.74) is -0.376. The van der Waals surface area contributed by atoms with Gasteiger partial charge >= 0.3 is 0 Å². The minimum atomic E-state index is -3.69. The van der Waals surface area contributed by atoms with Gasteiger partial charge in [-0.1, -0.05) is 35.9 Å². The zero-order valence-corrected chi connectivity index (χ0v) is 18.8. The van der Waals surface area contributed by atoms with Crippen molar-refractivity contribution in [2.75, 3.05) is 21.1 Å². The summed E-state index contributed by atoms with van der Waals surface area (Å²) in [5, 5.41) is 0.427. The Labute approximate surface area is 182 Å². The molecule has 0 aliphatic heterocycles. The van der Waals surface area contributed by atoms with E-state index in [0.717, 1.165) is 17.1 Å². The van der Waals surface area contributed by atoms with Crippen LogP contribution in [0.25, 0.3) is 0 Å². The molecule has 0 saturated heterocycles. The number of carbonyl (C=O) groups excluding carboxylic acids is 2. The van der Waals surface area contributed by atoms with E-state index < -0.39 is 21.5 Å². The Morgan fingerprint density at radius 1 is 1.03 bits per heavy atom. The van der Waals surface area contributed by atoms with Gasteiger partial charge in [0.25, 0.3) is 5.91 Å². The second kappa shape index (κ2) is 8.49. The van der Waals surface area contributed by atoms with E-state index in [1.807, 2.05) is 0 Å². The fourth-order valence-corrected chi connectivity index (χ4v) is 5.24. The minimum absolute atomic E-state index is 0.0218. The highest BCUT2D eigenvalue weighted by molar-refractivity contribution is 7.89. The van der Waals surface area contributed by atoms with Crippen LogP contribution in [0.2, 0.25) is 5.02 Å². The van der Waals surface area contributed by atoms with Crippen LogP contribution < -0.4 is 0 Å². The first kappa shape index (κ1) is 22.5. The van der Waals surface area contributed by atoms with Crippen LogP contribution in [0, 0.1) is 0 Å². The van der Waals surface area contributed by atoms with Gasteiger partial charge < -0.3 is 4.90 Å². The van der Waals surface area contributed by atoms with E-state index in [4.69, 9.17) is 11.6 Å². The Kier molecular flexibility index (Phi) is 6.36. The molecule has 0 spiro atoms. The predicted molar refractivity (Wildman–Crippen MR) is 116 cm³/mol. The monoisotopic (exact) mass is 448 g/mol. The average molecular weight is 449 g/mol. The molecule has 3 rings (SSSR count). The molecule has 1 amide bonds. The van der Waals surface area contributed by atoms with Gasteiger partial charge in [0.2, 0.25) is 10.0 Å². The summed E-state index contributed by atoms with van der Waals surface area (Å²) in [5.74, 6) is -0.490. The van der Waals surface area contributed by atoms with Crippen molar-refractivity contribution in [3.05, 3.63) is 64.7 Å². The number of Topliss-reactive ketones (excluding diaryl/α,β-unsaturated/α-hetero) is 1. The molecule has 8 heteroatoms. The summed E-state index contributed by atoms with van der Waals surface area (Å²) in [6.45, 7) is 0. The lowest BCUT2D eigenvalue weighted by Crippen LogP contribution is -2.54. The molecule has 0 heterocycles. The zero-order valence-electron chi connectivity index (χ0n) is 17.3. The number of carbonyl (C=O) groups is 2. The van der Waals surface area contributed by atoms with Crippen LogP contribution in [0.3, 0.4) is 0 Å². The summed E-state index contributed by atoms with van der Waals surface area (Å²) in [6.07, 6.45) is 2.37. The van der Waals surface area contributed by atoms with Crippen LogP contribution in [0.1, 0.15) is 41.6 Å². The Morgan fingerprint density at radius 2 is 1.73 bits per heavy atom. The van der Waals surface area contributed by atoms with Gasteiger partial charge in [-0.15, -0.1) is 0 Å². The Morgan fingerprint density at radius 3 is 2.37 bits per heavy atom. The SMILES string of the molecule is CN(C(=O)c1cccc(S(=O)(=O)N(C)C)c1)C1(c2ccccc2Cl)CCCCC1=O. The molecule has 0 radical (unpaired) electrons. The summed E-state index contributed by atoms with van der Waals surface area (Å²) in [6, 6.07) is 13.0. The first-order chi connectivity index (χ1) is 14.1. The highest BCUT2D eigenvalue weighted by atomic mass is 35.5. The van der Waals surface area contributed by atoms with Crippen LogP contribution in [-0.2, 0) is 20.4 Å². The number of ketones is 1. The highest BCUT2D eigenvalue weighted by Gasteiger charge is 2.48. The van der Waals surface area contributed by atoms with E-state index in [1.54, 1.807) is 37.4 Å². The van der Waals surface area contributed by atoms with E-state index in [9.17, 15) is 18.0 Å². The van der Waals surface area contributed by atoms with Crippen LogP contribution in [-0.4, -0.2) is 50.5 Å². The lowest BCUT2D eigenvalue weighted by Gasteiger charge is -2.44. The van der Waals surface area contributed by atoms with Crippen LogP contribution >= 0.6 is 11.6 Å². The standard InChI is InChI=1S/C22H25ClN2O4S/c1-24(2)30(28,29)17-10-8-9-16(15-17)21(27)25(3)22(14-7-6-13-20(22)26)18-11-4-5-12-19(18)23/h4-5,8-12,15H,6-7,13-14H2,1-3H3. The third kappa shape index (κ3) is 3.77. The molecule has 2 aromatic carbocycles. The van der Waals surface area contributed by atoms with Gasteiger partial charge in [-0.3, -0.25) is 9.59 Å². The molecule has 0 bridgehead atoms. The maximum Gasteiger partial charge on any atom is 0.254 e. The van der Waals surface area contributed by atoms with Crippen molar-refractivity contribution in [2.45, 2.75) is 36.1 Å². The molecular weight excluding hydrogens is 424 g/mol. The molecule has 1 aliphatic rings. The molecule has 30 heavy (non-hydrogen) atoms. The number of hydrogen-bond donors (Lipinski definition) is 0. The van der Waals surface area contributed by atoms with Crippen LogP contribution in [0.5, 0.6) is 0 Å². The molecule has 160 valence electrons. The lowest BCUT2D eigenvalue weighted by atomic mass is 9.74. The first-order valence-electron chi connectivity index (χ1n) is 9.71. The smallest absolute Gasteiger partial charge is 0.254 e. The molecule has 0 N–H and O–H groups in total. The first-order valence-corrected chi connectivity index (χ1v) is 11.5. The second-order valence-electron chi connectivity index (χ2n) is 7.65. The van der Waals surface area contributed by atoms with Crippen molar-refractivity contribution in [2.24, 2.45) is 0 Å². The number of nitrogens with zero attached hydrogens (tertiary/aromatic N) is 2. The van der Waals surface area contributed by atoms with Crippen molar-refractivity contribution in [1.29, 1.82) is 0 Å². The van der Waals surface area contributed by atoms with Crippen molar-refractivity contribution in [3.8, 4) is 0 Å². The molecule has 1 aliphatic carbocycles. The lowest BCUT2D eigenvalue weighted by molar-refractivity contribution is -0.132. The highest BCUT2D eigenvalue weighted by Crippen LogP contribution is 2.42. The van der Waals surface area contributed by atoms with Gasteiger partial charge in [-0.05, 0) is 43.5 Å². The topological polar surface area (TPSA) is 74.8 Å². The van der Waals surface area contributed by atoms with Crippen LogP contribution in [0.15, 0.2) is 53.4 Å². The van der Waals surface area contributed by atoms with E-state index in [2.05, 4.69) is 0 Å². The quantitative estimate of drug-likeness (QED) is 0.698.